The van der Waals surface area contributed by atoms with Crippen LogP contribution in [-0.4, -0.2) is 16.1 Å². The van der Waals surface area contributed by atoms with E-state index in [1.165, 1.54) is 23.9 Å². The molecule has 16 heavy (non-hydrogen) atoms. The van der Waals surface area contributed by atoms with Gasteiger partial charge in [0.1, 0.15) is 11.6 Å². The number of thioether (sulfide) groups is 1. The topological polar surface area (TPSA) is 66.9 Å². The van der Waals surface area contributed by atoms with Gasteiger partial charge in [0.25, 0.3) is 5.69 Å². The highest BCUT2D eigenvalue weighted by atomic mass is 35.5. The van der Waals surface area contributed by atoms with E-state index in [4.69, 9.17) is 16.9 Å². The van der Waals surface area contributed by atoms with Crippen LogP contribution in [0, 0.1) is 21.4 Å². The van der Waals surface area contributed by atoms with Gasteiger partial charge in [-0.05, 0) is 12.1 Å². The van der Waals surface area contributed by atoms with Crippen LogP contribution in [0.1, 0.15) is 12.5 Å². The summed E-state index contributed by atoms with van der Waals surface area (Å²) in [4.78, 5) is 10.9. The number of rotatable bonds is 4. The fraction of sp³-hybridized carbons (Fsp3) is 0.300. The van der Waals surface area contributed by atoms with Crippen molar-refractivity contribution >= 4 is 29.1 Å². The monoisotopic (exact) mass is 256 g/mol. The number of alkyl halides is 1. The minimum Gasteiger partial charge on any atom is -0.258 e. The Morgan fingerprint density at radius 1 is 1.69 bits per heavy atom. The van der Waals surface area contributed by atoms with Gasteiger partial charge in [-0.2, -0.15) is 5.26 Å². The van der Waals surface area contributed by atoms with Gasteiger partial charge in [0.2, 0.25) is 0 Å². The van der Waals surface area contributed by atoms with E-state index in [1.54, 1.807) is 12.1 Å². The first-order valence-electron chi connectivity index (χ1n) is 4.49. The summed E-state index contributed by atoms with van der Waals surface area (Å²) in [6.45, 7) is 1.93. The van der Waals surface area contributed by atoms with E-state index in [2.05, 4.69) is 0 Å². The van der Waals surface area contributed by atoms with Crippen molar-refractivity contribution in [2.45, 2.75) is 17.1 Å². The molecular formula is C10H9ClN2O2S. The molecule has 1 atom stereocenters. The zero-order valence-electron chi connectivity index (χ0n) is 8.51. The number of nitro groups is 1. The van der Waals surface area contributed by atoms with Crippen molar-refractivity contribution in [2.24, 2.45) is 0 Å². The summed E-state index contributed by atoms with van der Waals surface area (Å²) in [6, 6.07) is 6.36. The number of benzene rings is 1. The van der Waals surface area contributed by atoms with E-state index in [1.807, 2.05) is 6.92 Å². The quantitative estimate of drug-likeness (QED) is 0.359. The number of nitriles is 1. The van der Waals surface area contributed by atoms with Crippen LogP contribution in [0.3, 0.4) is 0 Å². The Labute approximate surface area is 102 Å². The molecule has 1 unspecified atom stereocenters. The first-order valence-corrected chi connectivity index (χ1v) is 5.91. The number of nitro benzene ring substituents is 1. The van der Waals surface area contributed by atoms with Gasteiger partial charge in [0, 0.05) is 22.1 Å². The summed E-state index contributed by atoms with van der Waals surface area (Å²) in [7, 11) is 0. The standard InChI is InChI=1S/C10H9ClN2O2S/c1-7(5-11)16-9-3-2-8(6-12)10(4-9)13(14)15/h2-4,7H,5H2,1H3. The summed E-state index contributed by atoms with van der Waals surface area (Å²) in [5.74, 6) is 0.471. The van der Waals surface area contributed by atoms with Crippen molar-refractivity contribution in [3.8, 4) is 6.07 Å². The number of halogens is 1. The molecule has 0 bridgehead atoms. The minimum absolute atomic E-state index is 0.0767. The molecule has 1 aromatic carbocycles. The van der Waals surface area contributed by atoms with Gasteiger partial charge in [-0.3, -0.25) is 10.1 Å². The number of nitrogens with zero attached hydrogens (tertiary/aromatic N) is 2. The molecule has 0 radical (unpaired) electrons. The van der Waals surface area contributed by atoms with E-state index in [9.17, 15) is 10.1 Å². The fourth-order valence-corrected chi connectivity index (χ4v) is 2.14. The van der Waals surface area contributed by atoms with E-state index in [0.29, 0.717) is 5.88 Å². The van der Waals surface area contributed by atoms with Crippen LogP contribution in [0.2, 0.25) is 0 Å². The highest BCUT2D eigenvalue weighted by Crippen LogP contribution is 2.29. The maximum absolute atomic E-state index is 10.7. The molecule has 0 aliphatic carbocycles. The minimum atomic E-state index is -0.548. The van der Waals surface area contributed by atoms with Gasteiger partial charge in [-0.15, -0.1) is 23.4 Å². The van der Waals surface area contributed by atoms with Crippen molar-refractivity contribution < 1.29 is 4.92 Å². The van der Waals surface area contributed by atoms with Crippen molar-refractivity contribution in [1.82, 2.24) is 0 Å². The first-order chi connectivity index (χ1) is 7.58. The molecule has 4 nitrogen and oxygen atoms in total. The van der Waals surface area contributed by atoms with Gasteiger partial charge in [-0.25, -0.2) is 0 Å². The predicted octanol–water partition coefficient (Wildman–Crippen LogP) is 3.19. The first kappa shape index (κ1) is 12.8. The van der Waals surface area contributed by atoms with Gasteiger partial charge >= 0.3 is 0 Å². The molecule has 0 aliphatic rings. The molecule has 0 spiro atoms. The Morgan fingerprint density at radius 3 is 2.88 bits per heavy atom. The molecule has 1 aromatic rings. The van der Waals surface area contributed by atoms with Crippen LogP contribution in [0.4, 0.5) is 5.69 Å². The van der Waals surface area contributed by atoms with Crippen LogP contribution < -0.4 is 0 Å². The number of hydrogen-bond acceptors (Lipinski definition) is 4. The summed E-state index contributed by atoms with van der Waals surface area (Å²) < 4.78 is 0. The molecule has 6 heteroatoms. The Balaban J connectivity index is 3.04. The summed E-state index contributed by atoms with van der Waals surface area (Å²) in [5, 5.41) is 19.6. The van der Waals surface area contributed by atoms with E-state index in [0.717, 1.165) is 4.90 Å². The third kappa shape index (κ3) is 3.12. The predicted molar refractivity (Wildman–Crippen MR) is 63.9 cm³/mol. The van der Waals surface area contributed by atoms with Crippen LogP contribution in [0.15, 0.2) is 23.1 Å². The van der Waals surface area contributed by atoms with Crippen molar-refractivity contribution in [2.75, 3.05) is 5.88 Å². The van der Waals surface area contributed by atoms with E-state index >= 15 is 0 Å². The SMILES string of the molecule is CC(CCl)Sc1ccc(C#N)c([N+](=O)[O-])c1. The lowest BCUT2D eigenvalue weighted by Gasteiger charge is -2.06. The Bertz CT molecular complexity index is 445. The molecule has 0 N–H and O–H groups in total. The lowest BCUT2D eigenvalue weighted by atomic mass is 10.2. The lowest BCUT2D eigenvalue weighted by Crippen LogP contribution is -1.98. The second-order valence-corrected chi connectivity index (χ2v) is 4.95. The normalized spacial score (nSPS) is 11.8. The van der Waals surface area contributed by atoms with E-state index in [-0.39, 0.29) is 16.5 Å². The van der Waals surface area contributed by atoms with Crippen LogP contribution in [-0.2, 0) is 0 Å². The lowest BCUT2D eigenvalue weighted by molar-refractivity contribution is -0.385. The van der Waals surface area contributed by atoms with Crippen molar-refractivity contribution in [3.05, 3.63) is 33.9 Å². The maximum Gasteiger partial charge on any atom is 0.288 e. The molecule has 0 amide bonds. The van der Waals surface area contributed by atoms with Gasteiger partial charge in [-0.1, -0.05) is 6.92 Å². The van der Waals surface area contributed by atoms with Crippen LogP contribution in [0.5, 0.6) is 0 Å². The van der Waals surface area contributed by atoms with Crippen molar-refractivity contribution in [1.29, 1.82) is 5.26 Å². The fourth-order valence-electron chi connectivity index (χ4n) is 1.09. The largest absolute Gasteiger partial charge is 0.288 e. The molecule has 0 saturated heterocycles. The Hall–Kier alpha value is -1.25. The molecule has 1 rings (SSSR count). The summed E-state index contributed by atoms with van der Waals surface area (Å²) in [6.07, 6.45) is 0. The zero-order chi connectivity index (χ0) is 12.1. The van der Waals surface area contributed by atoms with Crippen LogP contribution >= 0.6 is 23.4 Å². The van der Waals surface area contributed by atoms with Crippen molar-refractivity contribution in [3.63, 3.8) is 0 Å². The van der Waals surface area contributed by atoms with Gasteiger partial charge in [0.05, 0.1) is 4.92 Å². The second kappa shape index (κ2) is 5.73. The molecular weight excluding hydrogens is 248 g/mol. The molecule has 0 aliphatic heterocycles. The third-order valence-corrected chi connectivity index (χ3v) is 3.58. The summed E-state index contributed by atoms with van der Waals surface area (Å²) in [5.41, 5.74) is -0.0813. The summed E-state index contributed by atoms with van der Waals surface area (Å²) >= 11 is 7.10. The average Bonchev–Trinajstić information content (AvgIpc) is 2.28. The molecule has 0 saturated carbocycles. The highest BCUT2D eigenvalue weighted by Gasteiger charge is 2.15. The van der Waals surface area contributed by atoms with Crippen LogP contribution in [0.25, 0.3) is 0 Å². The Morgan fingerprint density at radius 2 is 2.38 bits per heavy atom. The molecule has 84 valence electrons. The zero-order valence-corrected chi connectivity index (χ0v) is 10.1. The maximum atomic E-state index is 10.7. The molecule has 0 fully saturated rings. The molecule has 0 heterocycles. The third-order valence-electron chi connectivity index (χ3n) is 1.84. The van der Waals surface area contributed by atoms with Gasteiger partial charge < -0.3 is 0 Å². The smallest absolute Gasteiger partial charge is 0.258 e. The second-order valence-electron chi connectivity index (χ2n) is 3.13. The van der Waals surface area contributed by atoms with E-state index < -0.39 is 4.92 Å². The van der Waals surface area contributed by atoms with Gasteiger partial charge in [0.15, 0.2) is 0 Å². The molecule has 0 aromatic heterocycles. The Kier molecular flexibility index (Phi) is 4.59. The highest BCUT2D eigenvalue weighted by molar-refractivity contribution is 8.00. The average molecular weight is 257 g/mol. The number of hydrogen-bond donors (Lipinski definition) is 0.